The first-order chi connectivity index (χ1) is 14.8. The average molecular weight is 398 g/mol. The van der Waals surface area contributed by atoms with Gasteiger partial charge in [0.2, 0.25) is 0 Å². The topological polar surface area (TPSA) is 91.5 Å². The maximum atomic E-state index is 5.63. The Morgan fingerprint density at radius 2 is 2.03 bits per heavy atom. The first-order valence-electron chi connectivity index (χ1n) is 10.0. The van der Waals surface area contributed by atoms with E-state index in [0.29, 0.717) is 6.61 Å². The van der Waals surface area contributed by atoms with Gasteiger partial charge in [0.1, 0.15) is 11.4 Å². The molecule has 7 nitrogen and oxygen atoms in total. The monoisotopic (exact) mass is 398 g/mol. The molecule has 0 radical (unpaired) electrons. The summed E-state index contributed by atoms with van der Waals surface area (Å²) in [7, 11) is 0. The highest BCUT2D eigenvalue weighted by molar-refractivity contribution is 5.94. The van der Waals surface area contributed by atoms with Gasteiger partial charge in [-0.15, -0.1) is 0 Å². The number of benzene rings is 2. The number of pyridine rings is 1. The third-order valence-corrected chi connectivity index (χ3v) is 5.02. The number of nitrogens with one attached hydrogen (secondary N) is 3. The Hall–Kier alpha value is -3.87. The molecule has 3 N–H and O–H groups in total. The lowest BCUT2D eigenvalue weighted by Gasteiger charge is -2.06. The summed E-state index contributed by atoms with van der Waals surface area (Å²) in [4.78, 5) is 12.3. The molecule has 0 atom stereocenters. The van der Waals surface area contributed by atoms with E-state index in [2.05, 4.69) is 37.6 Å². The number of hydrogen-bond acceptors (Lipinski definition) is 5. The largest absolute Gasteiger partial charge is 0.494 e. The number of nitrogens with zero attached hydrogens (tertiary/aromatic N) is 3. The second-order valence-corrected chi connectivity index (χ2v) is 7.07. The van der Waals surface area contributed by atoms with Gasteiger partial charge in [0.05, 0.1) is 23.2 Å². The van der Waals surface area contributed by atoms with Crippen LogP contribution in [0, 0.1) is 0 Å². The number of hydrogen-bond donors (Lipinski definition) is 3. The second kappa shape index (κ2) is 7.87. The second-order valence-electron chi connectivity index (χ2n) is 7.07. The summed E-state index contributed by atoms with van der Waals surface area (Å²) >= 11 is 0. The fourth-order valence-corrected chi connectivity index (χ4v) is 3.56. The third kappa shape index (κ3) is 3.57. The number of fused-ring (bicyclic) bond motifs is 2. The Kier molecular flexibility index (Phi) is 4.77. The maximum Gasteiger partial charge on any atom is 0.159 e. The van der Waals surface area contributed by atoms with Gasteiger partial charge in [-0.05, 0) is 61.4 Å². The highest BCUT2D eigenvalue weighted by Crippen LogP contribution is 2.29. The van der Waals surface area contributed by atoms with E-state index >= 15 is 0 Å². The van der Waals surface area contributed by atoms with Gasteiger partial charge in [-0.25, -0.2) is 4.98 Å². The van der Waals surface area contributed by atoms with Crippen molar-refractivity contribution < 1.29 is 4.74 Å². The van der Waals surface area contributed by atoms with Crippen LogP contribution in [0.4, 0.5) is 5.69 Å². The SMILES string of the molecule is CCOc1ccc2[nH]nc(-c3nc4ccc(NCCc5cccnc5)cc4[nH]3)c2c1. The van der Waals surface area contributed by atoms with E-state index in [1.807, 2.05) is 49.5 Å². The van der Waals surface area contributed by atoms with E-state index in [0.717, 1.165) is 57.9 Å². The van der Waals surface area contributed by atoms with E-state index in [1.54, 1.807) is 6.20 Å². The zero-order valence-corrected chi connectivity index (χ0v) is 16.6. The van der Waals surface area contributed by atoms with Gasteiger partial charge in [-0.2, -0.15) is 5.10 Å². The molecule has 0 aliphatic heterocycles. The van der Waals surface area contributed by atoms with Crippen LogP contribution < -0.4 is 10.1 Å². The van der Waals surface area contributed by atoms with Crippen molar-refractivity contribution in [1.29, 1.82) is 0 Å². The molecular formula is C23H22N6O. The molecule has 0 saturated carbocycles. The van der Waals surface area contributed by atoms with E-state index in [9.17, 15) is 0 Å². The maximum absolute atomic E-state index is 5.63. The molecule has 0 saturated heterocycles. The van der Waals surface area contributed by atoms with Crippen molar-refractivity contribution in [1.82, 2.24) is 25.1 Å². The van der Waals surface area contributed by atoms with E-state index < -0.39 is 0 Å². The molecule has 0 spiro atoms. The van der Waals surface area contributed by atoms with E-state index in [4.69, 9.17) is 9.72 Å². The summed E-state index contributed by atoms with van der Waals surface area (Å²) in [5.74, 6) is 1.56. The van der Waals surface area contributed by atoms with Crippen LogP contribution in [-0.4, -0.2) is 38.3 Å². The number of ether oxygens (including phenoxy) is 1. The Morgan fingerprint density at radius 3 is 2.90 bits per heavy atom. The van der Waals surface area contributed by atoms with Crippen LogP contribution in [0.3, 0.4) is 0 Å². The molecule has 7 heteroatoms. The molecule has 0 bridgehead atoms. The Labute approximate surface area is 173 Å². The van der Waals surface area contributed by atoms with Gasteiger partial charge in [0.25, 0.3) is 0 Å². The summed E-state index contributed by atoms with van der Waals surface area (Å²) in [6.07, 6.45) is 4.61. The molecule has 3 heterocycles. The highest BCUT2D eigenvalue weighted by atomic mass is 16.5. The number of anilines is 1. The van der Waals surface area contributed by atoms with Crippen molar-refractivity contribution in [2.24, 2.45) is 0 Å². The Balaban J connectivity index is 1.39. The van der Waals surface area contributed by atoms with Gasteiger partial charge in [0, 0.05) is 30.0 Å². The quantitative estimate of drug-likeness (QED) is 0.374. The highest BCUT2D eigenvalue weighted by Gasteiger charge is 2.13. The molecule has 5 aromatic rings. The smallest absolute Gasteiger partial charge is 0.159 e. The van der Waals surface area contributed by atoms with Gasteiger partial charge in [0.15, 0.2) is 5.82 Å². The molecule has 3 aromatic heterocycles. The van der Waals surface area contributed by atoms with Crippen LogP contribution in [0.2, 0.25) is 0 Å². The van der Waals surface area contributed by atoms with Gasteiger partial charge < -0.3 is 15.0 Å². The molecule has 5 rings (SSSR count). The van der Waals surface area contributed by atoms with Crippen LogP contribution in [-0.2, 0) is 6.42 Å². The molecule has 0 unspecified atom stereocenters. The first kappa shape index (κ1) is 18.2. The van der Waals surface area contributed by atoms with Crippen molar-refractivity contribution >= 4 is 27.6 Å². The lowest BCUT2D eigenvalue weighted by Crippen LogP contribution is -2.04. The minimum absolute atomic E-state index is 0.625. The van der Waals surface area contributed by atoms with Crippen molar-refractivity contribution in [3.05, 3.63) is 66.5 Å². The third-order valence-electron chi connectivity index (χ3n) is 5.02. The molecule has 0 aliphatic rings. The van der Waals surface area contributed by atoms with Crippen LogP contribution in [0.15, 0.2) is 60.9 Å². The number of rotatable bonds is 7. The summed E-state index contributed by atoms with van der Waals surface area (Å²) in [6.45, 7) is 3.43. The predicted octanol–water partition coefficient (Wildman–Crippen LogP) is 4.55. The van der Waals surface area contributed by atoms with Gasteiger partial charge in [-0.1, -0.05) is 6.07 Å². The van der Waals surface area contributed by atoms with Crippen LogP contribution in [0.5, 0.6) is 5.75 Å². The fourth-order valence-electron chi connectivity index (χ4n) is 3.56. The van der Waals surface area contributed by atoms with Crippen LogP contribution in [0.1, 0.15) is 12.5 Å². The van der Waals surface area contributed by atoms with Crippen LogP contribution in [0.25, 0.3) is 33.5 Å². The van der Waals surface area contributed by atoms with Crippen LogP contribution >= 0.6 is 0 Å². The van der Waals surface area contributed by atoms with E-state index in [1.165, 1.54) is 5.56 Å². The molecule has 0 fully saturated rings. The molecule has 2 aromatic carbocycles. The fraction of sp³-hybridized carbons (Fsp3) is 0.174. The summed E-state index contributed by atoms with van der Waals surface area (Å²) in [5.41, 5.74) is 5.87. The minimum Gasteiger partial charge on any atom is -0.494 e. The summed E-state index contributed by atoms with van der Waals surface area (Å²) in [6, 6.07) is 16.1. The molecule has 0 amide bonds. The lowest BCUT2D eigenvalue weighted by atomic mass is 10.2. The van der Waals surface area contributed by atoms with Crippen molar-refractivity contribution in [2.45, 2.75) is 13.3 Å². The minimum atomic E-state index is 0.625. The van der Waals surface area contributed by atoms with Crippen molar-refractivity contribution in [3.63, 3.8) is 0 Å². The zero-order valence-electron chi connectivity index (χ0n) is 16.6. The lowest BCUT2D eigenvalue weighted by molar-refractivity contribution is 0.341. The molecule has 0 aliphatic carbocycles. The standard InChI is InChI=1S/C23H22N6O/c1-2-30-17-6-8-19-18(13-17)22(29-28-19)23-26-20-7-5-16(12-21(20)27-23)25-11-9-15-4-3-10-24-14-15/h3-8,10,12-14,25H,2,9,11H2,1H3,(H,26,27)(H,28,29). The van der Waals surface area contributed by atoms with E-state index in [-0.39, 0.29) is 0 Å². The number of aromatic nitrogens is 5. The molecular weight excluding hydrogens is 376 g/mol. The normalized spacial score (nSPS) is 11.2. The molecule has 150 valence electrons. The summed E-state index contributed by atoms with van der Waals surface area (Å²) in [5, 5.41) is 12.0. The average Bonchev–Trinajstić information content (AvgIpc) is 3.38. The molecule has 30 heavy (non-hydrogen) atoms. The Morgan fingerprint density at radius 1 is 1.07 bits per heavy atom. The summed E-state index contributed by atoms with van der Waals surface area (Å²) < 4.78 is 5.63. The number of H-pyrrole nitrogens is 2. The van der Waals surface area contributed by atoms with Crippen molar-refractivity contribution in [2.75, 3.05) is 18.5 Å². The Bertz CT molecular complexity index is 1290. The van der Waals surface area contributed by atoms with Gasteiger partial charge >= 0.3 is 0 Å². The number of aromatic amines is 2. The zero-order chi connectivity index (χ0) is 20.3. The number of imidazole rings is 1. The van der Waals surface area contributed by atoms with Crippen molar-refractivity contribution in [3.8, 4) is 17.3 Å². The first-order valence-corrected chi connectivity index (χ1v) is 10.0. The van der Waals surface area contributed by atoms with Gasteiger partial charge in [-0.3, -0.25) is 10.1 Å². The predicted molar refractivity (Wildman–Crippen MR) is 119 cm³/mol.